The van der Waals surface area contributed by atoms with Gasteiger partial charge in [0.25, 0.3) is 0 Å². The fourth-order valence-corrected chi connectivity index (χ4v) is 2.79. The van der Waals surface area contributed by atoms with Crippen molar-refractivity contribution in [3.05, 3.63) is 12.2 Å². The van der Waals surface area contributed by atoms with Gasteiger partial charge >= 0.3 is 11.9 Å². The zero-order valence-corrected chi connectivity index (χ0v) is 12.5. The van der Waals surface area contributed by atoms with Crippen LogP contribution < -0.4 is 0 Å². The van der Waals surface area contributed by atoms with Gasteiger partial charge in [0.05, 0.1) is 0 Å². The highest BCUT2D eigenvalue weighted by molar-refractivity contribution is 6.04. The monoisotopic (exact) mass is 280 g/mol. The summed E-state index contributed by atoms with van der Waals surface area (Å²) in [6.07, 6.45) is 3.08. The molecular formula is C15H20O5. The number of fused-ring (bicyclic) bond motifs is 1. The lowest BCUT2D eigenvalue weighted by molar-refractivity contribution is -0.173. The molecule has 5 heteroatoms. The van der Waals surface area contributed by atoms with Crippen LogP contribution in [0, 0.1) is 11.3 Å². The first-order chi connectivity index (χ1) is 8.99. The van der Waals surface area contributed by atoms with Crippen molar-refractivity contribution in [1.29, 1.82) is 0 Å². The minimum Gasteiger partial charge on any atom is -0.459 e. The summed E-state index contributed by atoms with van der Waals surface area (Å²) < 4.78 is 10.7. The second-order valence-corrected chi connectivity index (χ2v) is 6.83. The zero-order valence-electron chi connectivity index (χ0n) is 12.5. The van der Waals surface area contributed by atoms with E-state index in [0.29, 0.717) is 0 Å². The molecular weight excluding hydrogens is 260 g/mol. The summed E-state index contributed by atoms with van der Waals surface area (Å²) in [5.41, 5.74) is -3.06. The summed E-state index contributed by atoms with van der Waals surface area (Å²) in [7, 11) is 0. The molecule has 20 heavy (non-hydrogen) atoms. The number of ketones is 1. The van der Waals surface area contributed by atoms with E-state index in [2.05, 4.69) is 0 Å². The quantitative estimate of drug-likeness (QED) is 0.541. The van der Waals surface area contributed by atoms with E-state index < -0.39 is 34.5 Å². The van der Waals surface area contributed by atoms with Gasteiger partial charge < -0.3 is 9.47 Å². The van der Waals surface area contributed by atoms with Gasteiger partial charge in [0.1, 0.15) is 11.2 Å². The van der Waals surface area contributed by atoms with Crippen molar-refractivity contribution in [2.45, 2.75) is 52.2 Å². The molecule has 0 aromatic rings. The van der Waals surface area contributed by atoms with E-state index in [1.54, 1.807) is 33.8 Å². The molecule has 0 N–H and O–H groups in total. The van der Waals surface area contributed by atoms with E-state index >= 15 is 0 Å². The third-order valence-electron chi connectivity index (χ3n) is 3.95. The van der Waals surface area contributed by atoms with Gasteiger partial charge in [-0.15, -0.1) is 0 Å². The van der Waals surface area contributed by atoms with Crippen LogP contribution in [0.15, 0.2) is 12.2 Å². The first-order valence-electron chi connectivity index (χ1n) is 6.68. The standard InChI is InChI=1S/C15H20O5/c1-13(2,3)19-11(17)15(5)10-8-9(16)6-7-14(10,4)20-12(15)18/h6-7,10H,8H2,1-5H3/t10-,14+,15?/m0/s1. The van der Waals surface area contributed by atoms with E-state index in [4.69, 9.17) is 9.47 Å². The van der Waals surface area contributed by atoms with Crippen molar-refractivity contribution in [3.8, 4) is 0 Å². The van der Waals surface area contributed by atoms with E-state index in [9.17, 15) is 14.4 Å². The second-order valence-electron chi connectivity index (χ2n) is 6.83. The van der Waals surface area contributed by atoms with Crippen molar-refractivity contribution < 1.29 is 23.9 Å². The van der Waals surface area contributed by atoms with Gasteiger partial charge in [-0.3, -0.25) is 14.4 Å². The number of carbonyl (C=O) groups is 3. The fraction of sp³-hybridized carbons (Fsp3) is 0.667. The van der Waals surface area contributed by atoms with Crippen molar-refractivity contribution in [1.82, 2.24) is 0 Å². The minimum absolute atomic E-state index is 0.106. The van der Waals surface area contributed by atoms with Gasteiger partial charge in [-0.05, 0) is 46.8 Å². The van der Waals surface area contributed by atoms with Gasteiger partial charge in [-0.2, -0.15) is 0 Å². The van der Waals surface area contributed by atoms with Gasteiger partial charge in [0.2, 0.25) is 0 Å². The van der Waals surface area contributed by atoms with Crippen LogP contribution in [0.1, 0.15) is 41.0 Å². The van der Waals surface area contributed by atoms with Crippen LogP contribution in [0.5, 0.6) is 0 Å². The lowest BCUT2D eigenvalue weighted by Crippen LogP contribution is -2.47. The topological polar surface area (TPSA) is 69.7 Å². The maximum Gasteiger partial charge on any atom is 0.324 e. The summed E-state index contributed by atoms with van der Waals surface area (Å²) in [6.45, 7) is 8.43. The molecule has 5 nitrogen and oxygen atoms in total. The molecule has 1 fully saturated rings. The highest BCUT2D eigenvalue weighted by Crippen LogP contribution is 2.51. The average Bonchev–Trinajstić information content (AvgIpc) is 2.48. The Morgan fingerprint density at radius 3 is 2.50 bits per heavy atom. The molecule has 2 aliphatic rings. The van der Waals surface area contributed by atoms with Crippen LogP contribution in [0.3, 0.4) is 0 Å². The Bertz CT molecular complexity index is 513. The molecule has 0 saturated carbocycles. The van der Waals surface area contributed by atoms with Crippen LogP contribution in [0.25, 0.3) is 0 Å². The average molecular weight is 280 g/mol. The summed E-state index contributed by atoms with van der Waals surface area (Å²) >= 11 is 0. The summed E-state index contributed by atoms with van der Waals surface area (Å²) in [6, 6.07) is 0. The predicted octanol–water partition coefficient (Wildman–Crippen LogP) is 1.80. The second kappa shape index (κ2) is 4.17. The van der Waals surface area contributed by atoms with Crippen molar-refractivity contribution in [2.24, 2.45) is 11.3 Å². The third-order valence-corrected chi connectivity index (χ3v) is 3.95. The summed E-state index contributed by atoms with van der Waals surface area (Å²) in [4.78, 5) is 36.3. The molecule has 2 rings (SSSR count). The molecule has 1 unspecified atom stereocenters. The molecule has 3 atom stereocenters. The highest BCUT2D eigenvalue weighted by atomic mass is 16.6. The fourth-order valence-electron chi connectivity index (χ4n) is 2.79. The number of esters is 2. The molecule has 1 aliphatic carbocycles. The van der Waals surface area contributed by atoms with Crippen molar-refractivity contribution >= 4 is 17.7 Å². The largest absolute Gasteiger partial charge is 0.459 e. The van der Waals surface area contributed by atoms with Crippen LogP contribution in [0.4, 0.5) is 0 Å². The van der Waals surface area contributed by atoms with Crippen LogP contribution in [-0.4, -0.2) is 28.9 Å². The lowest BCUT2D eigenvalue weighted by atomic mass is 9.67. The molecule has 1 heterocycles. The maximum absolute atomic E-state index is 12.4. The van der Waals surface area contributed by atoms with Crippen molar-refractivity contribution in [3.63, 3.8) is 0 Å². The Morgan fingerprint density at radius 2 is 1.95 bits per heavy atom. The first kappa shape index (κ1) is 14.8. The number of carbonyl (C=O) groups excluding carboxylic acids is 3. The van der Waals surface area contributed by atoms with Gasteiger partial charge in [-0.1, -0.05) is 0 Å². The van der Waals surface area contributed by atoms with E-state index in [0.717, 1.165) is 0 Å². The van der Waals surface area contributed by atoms with Crippen LogP contribution >= 0.6 is 0 Å². The molecule has 0 amide bonds. The summed E-state index contributed by atoms with van der Waals surface area (Å²) in [5, 5.41) is 0. The molecule has 0 radical (unpaired) electrons. The molecule has 1 aliphatic heterocycles. The number of hydrogen-bond acceptors (Lipinski definition) is 5. The smallest absolute Gasteiger partial charge is 0.324 e. The Hall–Kier alpha value is -1.65. The van der Waals surface area contributed by atoms with Crippen LogP contribution in [-0.2, 0) is 23.9 Å². The van der Waals surface area contributed by atoms with E-state index in [1.165, 1.54) is 13.0 Å². The molecule has 110 valence electrons. The number of hydrogen-bond donors (Lipinski definition) is 0. The van der Waals surface area contributed by atoms with Crippen molar-refractivity contribution in [2.75, 3.05) is 0 Å². The third kappa shape index (κ3) is 2.15. The Labute approximate surface area is 118 Å². The number of rotatable bonds is 1. The Balaban J connectivity index is 2.40. The highest BCUT2D eigenvalue weighted by Gasteiger charge is 2.65. The van der Waals surface area contributed by atoms with Gasteiger partial charge in [0, 0.05) is 12.3 Å². The lowest BCUT2D eigenvalue weighted by Gasteiger charge is -2.34. The van der Waals surface area contributed by atoms with Gasteiger partial charge in [0.15, 0.2) is 11.2 Å². The molecule has 1 saturated heterocycles. The zero-order chi connectivity index (χ0) is 15.3. The predicted molar refractivity (Wildman–Crippen MR) is 70.7 cm³/mol. The first-order valence-corrected chi connectivity index (χ1v) is 6.68. The Kier molecular flexibility index (Phi) is 3.08. The number of ether oxygens (including phenoxy) is 2. The minimum atomic E-state index is -1.44. The van der Waals surface area contributed by atoms with E-state index in [-0.39, 0.29) is 12.2 Å². The number of allylic oxidation sites excluding steroid dienone is 1. The normalized spacial score (nSPS) is 36.5. The molecule has 0 aromatic heterocycles. The van der Waals surface area contributed by atoms with E-state index in [1.807, 2.05) is 0 Å². The Morgan fingerprint density at radius 1 is 1.35 bits per heavy atom. The van der Waals surface area contributed by atoms with Gasteiger partial charge in [-0.25, -0.2) is 0 Å². The molecule has 0 aromatic carbocycles. The molecule has 0 spiro atoms. The summed E-state index contributed by atoms with van der Waals surface area (Å²) in [5.74, 6) is -1.90. The maximum atomic E-state index is 12.4. The molecule has 0 bridgehead atoms. The van der Waals surface area contributed by atoms with Crippen LogP contribution in [0.2, 0.25) is 0 Å². The SMILES string of the molecule is CC(C)(C)OC(=O)C1(C)C(=O)O[C@]2(C)C=CC(=O)C[C@H]12.